The molecule has 0 bridgehead atoms. The summed E-state index contributed by atoms with van der Waals surface area (Å²) < 4.78 is 4.94. The Hall–Kier alpha value is -2.97. The van der Waals surface area contributed by atoms with E-state index in [0.29, 0.717) is 6.54 Å². The first-order valence-electron chi connectivity index (χ1n) is 9.51. The van der Waals surface area contributed by atoms with Gasteiger partial charge in [-0.25, -0.2) is 14.8 Å². The van der Waals surface area contributed by atoms with Crippen LogP contribution in [0.5, 0.6) is 0 Å². The lowest BCUT2D eigenvalue weighted by Crippen LogP contribution is -2.39. The number of thiazole rings is 1. The normalized spacial score (nSPS) is 17.0. The highest BCUT2D eigenvalue weighted by atomic mass is 32.1. The van der Waals surface area contributed by atoms with Gasteiger partial charge in [0.1, 0.15) is 11.9 Å². The van der Waals surface area contributed by atoms with Gasteiger partial charge in [0.2, 0.25) is 0 Å². The number of benzene rings is 1. The van der Waals surface area contributed by atoms with Crippen LogP contribution in [0.2, 0.25) is 0 Å². The van der Waals surface area contributed by atoms with E-state index in [1.807, 2.05) is 36.5 Å². The fraction of sp³-hybridized carbons (Fsp3) is 0.286. The van der Waals surface area contributed by atoms with Crippen LogP contribution in [0.4, 0.5) is 15.7 Å². The van der Waals surface area contributed by atoms with Gasteiger partial charge in [-0.1, -0.05) is 41.7 Å². The van der Waals surface area contributed by atoms with E-state index in [-0.39, 0.29) is 6.10 Å². The van der Waals surface area contributed by atoms with Gasteiger partial charge in [0.05, 0.1) is 4.88 Å². The summed E-state index contributed by atoms with van der Waals surface area (Å²) >= 11 is 1.58. The van der Waals surface area contributed by atoms with Crippen molar-refractivity contribution in [3.05, 3.63) is 60.4 Å². The molecule has 0 spiro atoms. The first kappa shape index (κ1) is 19.4. The van der Waals surface area contributed by atoms with Crippen molar-refractivity contribution in [2.45, 2.75) is 25.5 Å². The zero-order chi connectivity index (χ0) is 20.1. The number of rotatable bonds is 6. The van der Waals surface area contributed by atoms with Crippen molar-refractivity contribution in [2.75, 3.05) is 18.4 Å². The van der Waals surface area contributed by atoms with Gasteiger partial charge in [-0.05, 0) is 42.6 Å². The van der Waals surface area contributed by atoms with Crippen LogP contribution >= 0.6 is 11.3 Å². The highest BCUT2D eigenvalue weighted by molar-refractivity contribution is 7.18. The van der Waals surface area contributed by atoms with E-state index in [1.165, 1.54) is 0 Å². The second-order valence-corrected chi connectivity index (χ2v) is 7.98. The summed E-state index contributed by atoms with van der Waals surface area (Å²) in [4.78, 5) is 22.9. The lowest BCUT2D eigenvalue weighted by Gasteiger charge is -2.31. The molecular formula is C21H22N4O3S. The molecule has 8 heteroatoms. The van der Waals surface area contributed by atoms with E-state index in [1.54, 1.807) is 17.5 Å². The minimum absolute atomic E-state index is 0.257. The number of piperidine rings is 1. The largest absolute Gasteiger partial charge is 0.506 e. The first-order chi connectivity index (χ1) is 14.2. The van der Waals surface area contributed by atoms with Crippen molar-refractivity contribution >= 4 is 28.4 Å². The van der Waals surface area contributed by atoms with Crippen LogP contribution in [0.3, 0.4) is 0 Å². The number of likely N-dealkylation sites (tertiary alicyclic amines) is 1. The van der Waals surface area contributed by atoms with Crippen LogP contribution in [0.15, 0.2) is 54.9 Å². The van der Waals surface area contributed by atoms with Crippen LogP contribution in [0.25, 0.3) is 10.4 Å². The van der Waals surface area contributed by atoms with Crippen LogP contribution < -0.4 is 5.32 Å². The van der Waals surface area contributed by atoms with Gasteiger partial charge in [-0.2, -0.15) is 0 Å². The molecule has 0 saturated carbocycles. The zero-order valence-electron chi connectivity index (χ0n) is 15.8. The van der Waals surface area contributed by atoms with Crippen molar-refractivity contribution in [1.29, 1.82) is 0 Å². The summed E-state index contributed by atoms with van der Waals surface area (Å²) in [5, 5.41) is 12.9. The number of nitrogens with zero attached hydrogens (tertiary/aromatic N) is 3. The fourth-order valence-corrected chi connectivity index (χ4v) is 4.30. The van der Waals surface area contributed by atoms with E-state index >= 15 is 0 Å². The number of carboxylic acid groups (broad SMARTS) is 1. The molecule has 0 radical (unpaired) electrons. The molecule has 7 nitrogen and oxygen atoms in total. The predicted octanol–water partition coefficient (Wildman–Crippen LogP) is 4.61. The van der Waals surface area contributed by atoms with Gasteiger partial charge in [0.15, 0.2) is 5.13 Å². The molecule has 1 atom stereocenters. The molecule has 2 N–H and O–H groups in total. The minimum atomic E-state index is -1.20. The first-order valence-corrected chi connectivity index (χ1v) is 10.3. The Bertz CT molecular complexity index is 963. The SMILES string of the molecule is O=C(O)OC1CCCN(Cc2ccnc(Nc3ncc(-c4ccccc4)s3)c2)C1. The average Bonchev–Trinajstić information content (AvgIpc) is 3.17. The van der Waals surface area contributed by atoms with E-state index in [2.05, 4.69) is 32.3 Å². The van der Waals surface area contributed by atoms with E-state index in [9.17, 15) is 4.79 Å². The number of carbonyl (C=O) groups is 1. The summed E-state index contributed by atoms with van der Waals surface area (Å²) in [6.07, 6.45) is 3.88. The molecule has 1 aliphatic heterocycles. The Labute approximate surface area is 173 Å². The quantitative estimate of drug-likeness (QED) is 0.574. The van der Waals surface area contributed by atoms with Crippen LogP contribution in [0, 0.1) is 0 Å². The molecule has 1 fully saturated rings. The van der Waals surface area contributed by atoms with Crippen molar-refractivity contribution in [3.8, 4) is 10.4 Å². The molecule has 0 amide bonds. The molecule has 0 aliphatic carbocycles. The molecule has 29 heavy (non-hydrogen) atoms. The molecule has 3 heterocycles. The summed E-state index contributed by atoms with van der Waals surface area (Å²) in [7, 11) is 0. The molecule has 150 valence electrons. The standard InChI is InChI=1S/C21H22N4O3S/c26-21(27)28-17-7-4-10-25(14-17)13-15-8-9-22-19(11-15)24-20-23-12-18(29-20)16-5-2-1-3-6-16/h1-3,5-6,8-9,11-12,17H,4,7,10,13-14H2,(H,26,27)(H,22,23,24). The Morgan fingerprint density at radius 2 is 2.14 bits per heavy atom. The smallest absolute Gasteiger partial charge is 0.450 e. The third-order valence-corrected chi connectivity index (χ3v) is 5.72. The van der Waals surface area contributed by atoms with E-state index < -0.39 is 6.16 Å². The van der Waals surface area contributed by atoms with Crippen molar-refractivity contribution in [3.63, 3.8) is 0 Å². The maximum atomic E-state index is 10.8. The van der Waals surface area contributed by atoms with Crippen LogP contribution in [-0.4, -0.2) is 45.3 Å². The molecular weight excluding hydrogens is 388 g/mol. The Morgan fingerprint density at radius 3 is 2.97 bits per heavy atom. The number of anilines is 2. The summed E-state index contributed by atoms with van der Waals surface area (Å²) in [6, 6.07) is 14.1. The summed E-state index contributed by atoms with van der Waals surface area (Å²) in [6.45, 7) is 2.27. The van der Waals surface area contributed by atoms with Gasteiger partial charge in [-0.3, -0.25) is 4.90 Å². The molecule has 2 aromatic heterocycles. The second kappa shape index (κ2) is 9.02. The van der Waals surface area contributed by atoms with Gasteiger partial charge < -0.3 is 15.2 Å². The zero-order valence-corrected chi connectivity index (χ0v) is 16.6. The topological polar surface area (TPSA) is 87.6 Å². The number of aromatic nitrogens is 2. The maximum absolute atomic E-state index is 10.8. The highest BCUT2D eigenvalue weighted by Crippen LogP contribution is 2.30. The molecule has 1 aromatic carbocycles. The highest BCUT2D eigenvalue weighted by Gasteiger charge is 2.23. The third-order valence-electron chi connectivity index (χ3n) is 4.76. The average molecular weight is 410 g/mol. The van der Waals surface area contributed by atoms with Crippen LogP contribution in [0.1, 0.15) is 18.4 Å². The van der Waals surface area contributed by atoms with Gasteiger partial charge in [0.25, 0.3) is 0 Å². The molecule has 1 saturated heterocycles. The van der Waals surface area contributed by atoms with E-state index in [4.69, 9.17) is 9.84 Å². The van der Waals surface area contributed by atoms with Crippen molar-refractivity contribution in [1.82, 2.24) is 14.9 Å². The van der Waals surface area contributed by atoms with Crippen molar-refractivity contribution in [2.24, 2.45) is 0 Å². The fourth-order valence-electron chi connectivity index (χ4n) is 3.47. The number of hydrogen-bond acceptors (Lipinski definition) is 7. The number of ether oxygens (including phenoxy) is 1. The lowest BCUT2D eigenvalue weighted by atomic mass is 10.1. The van der Waals surface area contributed by atoms with Crippen molar-refractivity contribution < 1.29 is 14.6 Å². The minimum Gasteiger partial charge on any atom is -0.450 e. The summed E-state index contributed by atoms with van der Waals surface area (Å²) in [5.74, 6) is 0.742. The number of hydrogen-bond donors (Lipinski definition) is 2. The van der Waals surface area contributed by atoms with Gasteiger partial charge in [-0.15, -0.1) is 0 Å². The molecule has 1 aliphatic rings. The maximum Gasteiger partial charge on any atom is 0.506 e. The monoisotopic (exact) mass is 410 g/mol. The molecule has 1 unspecified atom stereocenters. The molecule has 3 aromatic rings. The van der Waals surface area contributed by atoms with Gasteiger partial charge in [0, 0.05) is 25.5 Å². The Balaban J connectivity index is 1.39. The van der Waals surface area contributed by atoms with Gasteiger partial charge >= 0.3 is 6.16 Å². The number of nitrogens with one attached hydrogen (secondary N) is 1. The Morgan fingerprint density at radius 1 is 1.28 bits per heavy atom. The number of pyridine rings is 1. The third kappa shape index (κ3) is 5.30. The molecule has 4 rings (SSSR count). The summed E-state index contributed by atoms with van der Waals surface area (Å²) in [5.41, 5.74) is 2.25. The predicted molar refractivity (Wildman–Crippen MR) is 112 cm³/mol. The van der Waals surface area contributed by atoms with E-state index in [0.717, 1.165) is 52.9 Å². The van der Waals surface area contributed by atoms with Crippen LogP contribution in [-0.2, 0) is 11.3 Å². The lowest BCUT2D eigenvalue weighted by molar-refractivity contribution is 0.0117. The second-order valence-electron chi connectivity index (χ2n) is 6.95. The Kier molecular flexibility index (Phi) is 6.02.